The first kappa shape index (κ1) is 11.4. The van der Waals surface area contributed by atoms with E-state index in [1.165, 1.54) is 0 Å². The van der Waals surface area contributed by atoms with Gasteiger partial charge in [-0.15, -0.1) is 0 Å². The van der Waals surface area contributed by atoms with Gasteiger partial charge < -0.3 is 0 Å². The van der Waals surface area contributed by atoms with Crippen LogP contribution in [0, 0.1) is 29.1 Å². The largest absolute Gasteiger partial charge is 0.299 e. The lowest BCUT2D eigenvalue weighted by molar-refractivity contribution is -0.136. The van der Waals surface area contributed by atoms with Gasteiger partial charge in [-0.2, -0.15) is 0 Å². The molecule has 3 aliphatic rings. The van der Waals surface area contributed by atoms with Crippen LogP contribution in [0.25, 0.3) is 0 Å². The van der Waals surface area contributed by atoms with Gasteiger partial charge in [0.15, 0.2) is 0 Å². The second-order valence-corrected chi connectivity index (χ2v) is 6.65. The van der Waals surface area contributed by atoms with Crippen LogP contribution in [0.2, 0.25) is 0 Å². The smallest absolute Gasteiger partial charge is 0.139 e. The van der Waals surface area contributed by atoms with E-state index in [0.29, 0.717) is 29.3 Å². The fourth-order valence-corrected chi connectivity index (χ4v) is 4.90. The summed E-state index contributed by atoms with van der Waals surface area (Å²) >= 11 is 0. The third kappa shape index (κ3) is 1.45. The number of hydrogen-bond donors (Lipinski definition) is 0. The third-order valence-corrected chi connectivity index (χ3v) is 6.08. The third-order valence-electron chi connectivity index (χ3n) is 6.08. The van der Waals surface area contributed by atoms with Crippen LogP contribution >= 0.6 is 0 Å². The molecule has 0 aliphatic heterocycles. The first-order chi connectivity index (χ1) is 8.04. The zero-order chi connectivity index (χ0) is 12.2. The monoisotopic (exact) mass is 234 g/mol. The molecular weight excluding hydrogens is 212 g/mol. The van der Waals surface area contributed by atoms with Gasteiger partial charge in [0.1, 0.15) is 11.6 Å². The highest BCUT2D eigenvalue weighted by Gasteiger charge is 2.55. The van der Waals surface area contributed by atoms with E-state index in [0.717, 1.165) is 38.5 Å². The van der Waals surface area contributed by atoms with Crippen LogP contribution in [0.4, 0.5) is 0 Å². The van der Waals surface area contributed by atoms with Crippen molar-refractivity contribution in [1.29, 1.82) is 0 Å². The van der Waals surface area contributed by atoms with Crippen molar-refractivity contribution in [1.82, 2.24) is 0 Å². The van der Waals surface area contributed by atoms with Crippen molar-refractivity contribution in [3.05, 3.63) is 0 Å². The maximum absolute atomic E-state index is 12.1. The number of carbonyl (C=O) groups excluding carboxylic acids is 2. The molecule has 0 bridgehead atoms. The Bertz CT molecular complexity index is 373. The van der Waals surface area contributed by atoms with Crippen LogP contribution in [0.5, 0.6) is 0 Å². The Hall–Kier alpha value is -0.660. The van der Waals surface area contributed by atoms with Crippen molar-refractivity contribution in [3.8, 4) is 0 Å². The number of Topliss-reactive ketones (excluding diaryl/α,β-unsaturated/α-hetero) is 2. The maximum atomic E-state index is 12.1. The predicted octanol–water partition coefficient (Wildman–Crippen LogP) is 3.00. The van der Waals surface area contributed by atoms with Gasteiger partial charge >= 0.3 is 0 Å². The molecule has 0 heterocycles. The lowest BCUT2D eigenvalue weighted by atomic mass is 9.54. The Morgan fingerprint density at radius 1 is 1.06 bits per heavy atom. The molecule has 94 valence electrons. The van der Waals surface area contributed by atoms with Crippen LogP contribution in [0.1, 0.15) is 52.4 Å². The second-order valence-electron chi connectivity index (χ2n) is 6.65. The van der Waals surface area contributed by atoms with E-state index in [1.807, 2.05) is 0 Å². The minimum atomic E-state index is -0.0404. The van der Waals surface area contributed by atoms with Crippen LogP contribution in [0.3, 0.4) is 0 Å². The summed E-state index contributed by atoms with van der Waals surface area (Å²) in [6, 6.07) is 0. The molecule has 5 atom stereocenters. The lowest BCUT2D eigenvalue weighted by Gasteiger charge is -2.49. The quantitative estimate of drug-likeness (QED) is 0.645. The number of rotatable bonds is 0. The normalized spacial score (nSPS) is 50.0. The maximum Gasteiger partial charge on any atom is 0.139 e. The molecule has 5 unspecified atom stereocenters. The van der Waals surface area contributed by atoms with Gasteiger partial charge in [0.2, 0.25) is 0 Å². The van der Waals surface area contributed by atoms with E-state index in [9.17, 15) is 9.59 Å². The predicted molar refractivity (Wildman–Crippen MR) is 65.5 cm³/mol. The van der Waals surface area contributed by atoms with Crippen molar-refractivity contribution < 1.29 is 9.59 Å². The van der Waals surface area contributed by atoms with E-state index in [4.69, 9.17) is 0 Å². The van der Waals surface area contributed by atoms with Crippen LogP contribution < -0.4 is 0 Å². The van der Waals surface area contributed by atoms with Gasteiger partial charge in [-0.25, -0.2) is 0 Å². The van der Waals surface area contributed by atoms with E-state index in [2.05, 4.69) is 13.8 Å². The van der Waals surface area contributed by atoms with Gasteiger partial charge in [-0.3, -0.25) is 9.59 Å². The Kier molecular flexibility index (Phi) is 2.46. The molecule has 0 aromatic heterocycles. The summed E-state index contributed by atoms with van der Waals surface area (Å²) < 4.78 is 0. The first-order valence-corrected chi connectivity index (χ1v) is 7.10. The highest BCUT2D eigenvalue weighted by Crippen LogP contribution is 2.58. The van der Waals surface area contributed by atoms with Gasteiger partial charge in [0.25, 0.3) is 0 Å². The number of hydrogen-bond acceptors (Lipinski definition) is 2. The molecule has 3 rings (SSSR count). The highest BCUT2D eigenvalue weighted by molar-refractivity contribution is 5.87. The Morgan fingerprint density at radius 3 is 2.59 bits per heavy atom. The Labute approximate surface area is 103 Å². The number of ketones is 2. The Balaban J connectivity index is 1.90. The Morgan fingerprint density at radius 2 is 1.82 bits per heavy atom. The van der Waals surface area contributed by atoms with E-state index in [-0.39, 0.29) is 11.3 Å². The van der Waals surface area contributed by atoms with Crippen LogP contribution in [-0.2, 0) is 9.59 Å². The summed E-state index contributed by atoms with van der Waals surface area (Å²) in [5.74, 6) is 2.98. The van der Waals surface area contributed by atoms with Crippen molar-refractivity contribution >= 4 is 11.6 Å². The molecule has 2 nitrogen and oxygen atoms in total. The van der Waals surface area contributed by atoms with Crippen molar-refractivity contribution in [2.45, 2.75) is 52.4 Å². The molecule has 0 saturated heterocycles. The average Bonchev–Trinajstić information content (AvgIpc) is 2.61. The number of carbonyl (C=O) groups is 2. The van der Waals surface area contributed by atoms with Crippen molar-refractivity contribution in [2.24, 2.45) is 29.1 Å². The minimum absolute atomic E-state index is 0.0404. The summed E-state index contributed by atoms with van der Waals surface area (Å²) in [5, 5.41) is 0. The molecule has 0 aromatic rings. The molecule has 0 aromatic carbocycles. The molecule has 0 N–H and O–H groups in total. The first-order valence-electron chi connectivity index (χ1n) is 7.10. The minimum Gasteiger partial charge on any atom is -0.299 e. The zero-order valence-electron chi connectivity index (χ0n) is 10.9. The molecule has 0 radical (unpaired) electrons. The summed E-state index contributed by atoms with van der Waals surface area (Å²) in [7, 11) is 0. The summed E-state index contributed by atoms with van der Waals surface area (Å²) in [5.41, 5.74) is -0.0404. The second kappa shape index (κ2) is 3.66. The van der Waals surface area contributed by atoms with Crippen LogP contribution in [0.15, 0.2) is 0 Å². The van der Waals surface area contributed by atoms with Gasteiger partial charge in [0.05, 0.1) is 0 Å². The van der Waals surface area contributed by atoms with E-state index >= 15 is 0 Å². The van der Waals surface area contributed by atoms with Crippen molar-refractivity contribution in [2.75, 3.05) is 0 Å². The molecule has 3 aliphatic carbocycles. The molecule has 17 heavy (non-hydrogen) atoms. The lowest BCUT2D eigenvalue weighted by Crippen LogP contribution is -2.47. The zero-order valence-corrected chi connectivity index (χ0v) is 10.9. The van der Waals surface area contributed by atoms with Crippen molar-refractivity contribution in [3.63, 3.8) is 0 Å². The highest BCUT2D eigenvalue weighted by atomic mass is 16.1. The van der Waals surface area contributed by atoms with E-state index < -0.39 is 0 Å². The standard InChI is InChI=1S/C15H22O2/c1-9-10-7-8-15(2)12(4-6-14(15)17)11(10)3-5-13(9)16/h9-12H,3-8H2,1-2H3. The van der Waals surface area contributed by atoms with Gasteiger partial charge in [0, 0.05) is 24.2 Å². The fraction of sp³-hybridized carbons (Fsp3) is 0.867. The summed E-state index contributed by atoms with van der Waals surface area (Å²) in [6.45, 7) is 4.29. The summed E-state index contributed by atoms with van der Waals surface area (Å²) in [4.78, 5) is 23.9. The fourth-order valence-electron chi connectivity index (χ4n) is 4.90. The molecule has 3 saturated carbocycles. The molecule has 0 spiro atoms. The molecular formula is C15H22O2. The van der Waals surface area contributed by atoms with E-state index in [1.54, 1.807) is 0 Å². The van der Waals surface area contributed by atoms with Crippen LogP contribution in [-0.4, -0.2) is 11.6 Å². The summed E-state index contributed by atoms with van der Waals surface area (Å²) in [6.07, 6.45) is 5.78. The van der Waals surface area contributed by atoms with Gasteiger partial charge in [-0.05, 0) is 43.4 Å². The molecule has 3 fully saturated rings. The number of fused-ring (bicyclic) bond motifs is 3. The molecule has 2 heteroatoms. The SMILES string of the molecule is CC1C(=O)CCC2C1CCC1(C)C(=O)CCC21. The topological polar surface area (TPSA) is 34.1 Å². The average molecular weight is 234 g/mol. The van der Waals surface area contributed by atoms with Gasteiger partial charge in [-0.1, -0.05) is 13.8 Å². The molecule has 0 amide bonds.